The average molecular weight is 342 g/mol. The highest BCUT2D eigenvalue weighted by Gasteiger charge is 2.17. The van der Waals surface area contributed by atoms with Gasteiger partial charge in [0.2, 0.25) is 0 Å². The molecule has 0 fully saturated rings. The Morgan fingerprint density at radius 2 is 2.09 bits per heavy atom. The summed E-state index contributed by atoms with van der Waals surface area (Å²) in [6.07, 6.45) is 0. The fourth-order valence-corrected chi connectivity index (χ4v) is 2.31. The number of esters is 1. The molecule has 1 aromatic heterocycles. The molecule has 1 heterocycles. The minimum Gasteiger partial charge on any atom is -0.452 e. The highest BCUT2D eigenvalue weighted by molar-refractivity contribution is 7.13. The summed E-state index contributed by atoms with van der Waals surface area (Å²) in [6, 6.07) is 5.38. The predicted molar refractivity (Wildman–Crippen MR) is 78.8 cm³/mol. The SMILES string of the molecule is Cc1csc(NC(=O)COC(=O)c2ccccc2OC(F)F)n1. The van der Waals surface area contributed by atoms with Crippen LogP contribution in [0.5, 0.6) is 5.75 Å². The summed E-state index contributed by atoms with van der Waals surface area (Å²) in [5.41, 5.74) is 0.561. The Morgan fingerprint density at radius 3 is 2.74 bits per heavy atom. The number of ether oxygens (including phenoxy) is 2. The highest BCUT2D eigenvalue weighted by Crippen LogP contribution is 2.21. The summed E-state index contributed by atoms with van der Waals surface area (Å²) in [5.74, 6) is -1.84. The molecule has 0 radical (unpaired) electrons. The zero-order valence-electron chi connectivity index (χ0n) is 11.9. The lowest BCUT2D eigenvalue weighted by Crippen LogP contribution is -2.21. The molecule has 0 saturated carbocycles. The molecule has 0 atom stereocenters. The van der Waals surface area contributed by atoms with Gasteiger partial charge < -0.3 is 9.47 Å². The van der Waals surface area contributed by atoms with Crippen LogP contribution >= 0.6 is 11.3 Å². The molecule has 0 unspecified atom stereocenters. The predicted octanol–water partition coefficient (Wildman–Crippen LogP) is 2.85. The first-order chi connectivity index (χ1) is 11.0. The number of hydrogen-bond donors (Lipinski definition) is 1. The van der Waals surface area contributed by atoms with Gasteiger partial charge in [0.05, 0.1) is 5.69 Å². The Balaban J connectivity index is 1.93. The highest BCUT2D eigenvalue weighted by atomic mass is 32.1. The molecule has 2 aromatic rings. The third-order valence-corrected chi connectivity index (χ3v) is 3.40. The molecule has 0 spiro atoms. The van der Waals surface area contributed by atoms with E-state index in [-0.39, 0.29) is 11.3 Å². The fourth-order valence-electron chi connectivity index (χ4n) is 1.61. The zero-order valence-corrected chi connectivity index (χ0v) is 12.7. The van der Waals surface area contributed by atoms with Crippen molar-refractivity contribution in [2.24, 2.45) is 0 Å². The summed E-state index contributed by atoms with van der Waals surface area (Å²) in [7, 11) is 0. The van der Waals surface area contributed by atoms with Gasteiger partial charge in [0.25, 0.3) is 5.91 Å². The molecule has 6 nitrogen and oxygen atoms in total. The van der Waals surface area contributed by atoms with Crippen LogP contribution in [0.1, 0.15) is 16.1 Å². The number of hydrogen-bond acceptors (Lipinski definition) is 6. The van der Waals surface area contributed by atoms with E-state index in [1.807, 2.05) is 0 Å². The van der Waals surface area contributed by atoms with Gasteiger partial charge in [-0.05, 0) is 19.1 Å². The lowest BCUT2D eigenvalue weighted by Gasteiger charge is -2.10. The maximum atomic E-state index is 12.3. The molecule has 122 valence electrons. The molecule has 1 N–H and O–H groups in total. The smallest absolute Gasteiger partial charge is 0.387 e. The van der Waals surface area contributed by atoms with Crippen molar-refractivity contribution in [1.29, 1.82) is 0 Å². The third kappa shape index (κ3) is 4.99. The monoisotopic (exact) mass is 342 g/mol. The van der Waals surface area contributed by atoms with Gasteiger partial charge in [0, 0.05) is 5.38 Å². The Morgan fingerprint density at radius 1 is 1.35 bits per heavy atom. The standard InChI is InChI=1S/C14H12F2N2O4S/c1-8-7-23-14(17-8)18-11(19)6-21-12(20)9-4-2-3-5-10(9)22-13(15)16/h2-5,7,13H,6H2,1H3,(H,17,18,19). The third-order valence-electron chi connectivity index (χ3n) is 2.52. The van der Waals surface area contributed by atoms with Crippen molar-refractivity contribution >= 4 is 28.3 Å². The van der Waals surface area contributed by atoms with Gasteiger partial charge >= 0.3 is 12.6 Å². The lowest BCUT2D eigenvalue weighted by molar-refractivity contribution is -0.119. The van der Waals surface area contributed by atoms with Crippen LogP contribution in [0.3, 0.4) is 0 Å². The minimum atomic E-state index is -3.07. The summed E-state index contributed by atoms with van der Waals surface area (Å²) in [6.45, 7) is -1.87. The Hall–Kier alpha value is -2.55. The summed E-state index contributed by atoms with van der Waals surface area (Å²) < 4.78 is 33.6. The van der Waals surface area contributed by atoms with Crippen molar-refractivity contribution in [2.45, 2.75) is 13.5 Å². The number of carbonyl (C=O) groups excluding carboxylic acids is 2. The van der Waals surface area contributed by atoms with Gasteiger partial charge in [0.1, 0.15) is 11.3 Å². The number of nitrogens with zero attached hydrogens (tertiary/aromatic N) is 1. The first kappa shape index (κ1) is 16.8. The number of thiazole rings is 1. The van der Waals surface area contributed by atoms with E-state index < -0.39 is 25.1 Å². The van der Waals surface area contributed by atoms with Gasteiger partial charge in [-0.3, -0.25) is 10.1 Å². The molecule has 23 heavy (non-hydrogen) atoms. The number of rotatable bonds is 6. The second-order valence-electron chi connectivity index (χ2n) is 4.29. The number of carbonyl (C=O) groups is 2. The van der Waals surface area contributed by atoms with Crippen LogP contribution in [-0.4, -0.2) is 30.1 Å². The van der Waals surface area contributed by atoms with Crippen molar-refractivity contribution in [3.63, 3.8) is 0 Å². The van der Waals surface area contributed by atoms with Gasteiger partial charge in [-0.15, -0.1) is 11.3 Å². The van der Waals surface area contributed by atoms with Crippen LogP contribution in [0.4, 0.5) is 13.9 Å². The molecule has 0 saturated heterocycles. The minimum absolute atomic E-state index is 0.189. The number of halogens is 2. The number of aryl methyl sites for hydroxylation is 1. The number of aromatic nitrogens is 1. The number of benzene rings is 1. The molecule has 1 aromatic carbocycles. The van der Waals surface area contributed by atoms with Crippen LogP contribution in [0.15, 0.2) is 29.6 Å². The molecular weight excluding hydrogens is 330 g/mol. The summed E-state index contributed by atoms with van der Waals surface area (Å²) in [4.78, 5) is 27.5. The Kier molecular flexibility index (Phi) is 5.58. The van der Waals surface area contributed by atoms with E-state index in [1.165, 1.54) is 35.6 Å². The van der Waals surface area contributed by atoms with E-state index >= 15 is 0 Å². The average Bonchev–Trinajstić information content (AvgIpc) is 2.90. The van der Waals surface area contributed by atoms with Crippen LogP contribution in [0, 0.1) is 6.92 Å². The maximum Gasteiger partial charge on any atom is 0.387 e. The van der Waals surface area contributed by atoms with Crippen LogP contribution < -0.4 is 10.1 Å². The number of nitrogens with one attached hydrogen (secondary N) is 1. The topological polar surface area (TPSA) is 77.5 Å². The van der Waals surface area contributed by atoms with Crippen LogP contribution in [0.25, 0.3) is 0 Å². The fraction of sp³-hybridized carbons (Fsp3) is 0.214. The molecule has 9 heteroatoms. The molecule has 0 aliphatic carbocycles. The normalized spacial score (nSPS) is 10.4. The van der Waals surface area contributed by atoms with Crippen molar-refractivity contribution in [1.82, 2.24) is 4.98 Å². The van der Waals surface area contributed by atoms with Gasteiger partial charge in [0.15, 0.2) is 11.7 Å². The number of amides is 1. The molecule has 1 amide bonds. The van der Waals surface area contributed by atoms with Crippen molar-refractivity contribution in [3.05, 3.63) is 40.9 Å². The van der Waals surface area contributed by atoms with Crippen LogP contribution in [-0.2, 0) is 9.53 Å². The van der Waals surface area contributed by atoms with Crippen molar-refractivity contribution in [3.8, 4) is 5.75 Å². The van der Waals surface area contributed by atoms with Gasteiger partial charge in [-0.1, -0.05) is 12.1 Å². The lowest BCUT2D eigenvalue weighted by atomic mass is 10.2. The molecule has 0 aliphatic rings. The van der Waals surface area contributed by atoms with E-state index in [0.29, 0.717) is 5.13 Å². The molecule has 0 bridgehead atoms. The number of anilines is 1. The Labute approximate surface area is 134 Å². The van der Waals surface area contributed by atoms with E-state index in [4.69, 9.17) is 4.74 Å². The van der Waals surface area contributed by atoms with Crippen molar-refractivity contribution < 1.29 is 27.8 Å². The van der Waals surface area contributed by atoms with Crippen LogP contribution in [0.2, 0.25) is 0 Å². The maximum absolute atomic E-state index is 12.3. The second kappa shape index (κ2) is 7.63. The first-order valence-corrected chi connectivity index (χ1v) is 7.26. The second-order valence-corrected chi connectivity index (χ2v) is 5.15. The summed E-state index contributed by atoms with van der Waals surface area (Å²) in [5, 5.41) is 4.59. The molecule has 2 rings (SSSR count). The molecule has 0 aliphatic heterocycles. The largest absolute Gasteiger partial charge is 0.452 e. The Bertz CT molecular complexity index is 706. The number of alkyl halides is 2. The first-order valence-electron chi connectivity index (χ1n) is 6.38. The van der Waals surface area contributed by atoms with E-state index in [1.54, 1.807) is 12.3 Å². The zero-order chi connectivity index (χ0) is 16.8. The number of para-hydroxylation sites is 1. The van der Waals surface area contributed by atoms with Gasteiger partial charge in [-0.25, -0.2) is 9.78 Å². The van der Waals surface area contributed by atoms with E-state index in [0.717, 1.165) is 5.69 Å². The summed E-state index contributed by atoms with van der Waals surface area (Å²) >= 11 is 1.23. The quantitative estimate of drug-likeness (QED) is 0.817. The van der Waals surface area contributed by atoms with E-state index in [9.17, 15) is 18.4 Å². The van der Waals surface area contributed by atoms with Crippen molar-refractivity contribution in [2.75, 3.05) is 11.9 Å². The van der Waals surface area contributed by atoms with E-state index in [2.05, 4.69) is 15.0 Å². The van der Waals surface area contributed by atoms with Gasteiger partial charge in [-0.2, -0.15) is 8.78 Å². The molecular formula is C14H12F2N2O4S.